The number of anilines is 1. The number of aromatic nitrogens is 1. The third-order valence-electron chi connectivity index (χ3n) is 5.82. The summed E-state index contributed by atoms with van der Waals surface area (Å²) in [4.78, 5) is 14.7. The van der Waals surface area contributed by atoms with E-state index in [1.165, 1.54) is 36.3 Å². The topological polar surface area (TPSA) is 68.6 Å². The molecular formula is C26H25ClN2O4S2. The smallest absolute Gasteiger partial charge is 0.264 e. The molecule has 0 atom stereocenters. The first-order valence-electron chi connectivity index (χ1n) is 10.9. The van der Waals surface area contributed by atoms with Gasteiger partial charge in [0, 0.05) is 26.9 Å². The third kappa shape index (κ3) is 5.29. The zero-order chi connectivity index (χ0) is 25.2. The Kier molecular flexibility index (Phi) is 7.35. The maximum Gasteiger partial charge on any atom is 0.264 e. The van der Waals surface area contributed by atoms with Gasteiger partial charge in [-0.2, -0.15) is 0 Å². The van der Waals surface area contributed by atoms with E-state index >= 15 is 0 Å². The highest BCUT2D eigenvalue weighted by Gasteiger charge is 2.29. The second-order valence-corrected chi connectivity index (χ2v) is 11.4. The van der Waals surface area contributed by atoms with E-state index in [0.717, 1.165) is 15.7 Å². The minimum absolute atomic E-state index is 0.0497. The first-order chi connectivity index (χ1) is 16.7. The molecule has 0 N–H and O–H groups in total. The predicted octanol–water partition coefficient (Wildman–Crippen LogP) is 5.95. The fourth-order valence-corrected chi connectivity index (χ4v) is 6.14. The Morgan fingerprint density at radius 2 is 1.74 bits per heavy atom. The van der Waals surface area contributed by atoms with Crippen molar-refractivity contribution >= 4 is 44.4 Å². The van der Waals surface area contributed by atoms with Crippen molar-refractivity contribution in [3.63, 3.8) is 0 Å². The fourth-order valence-electron chi connectivity index (χ4n) is 3.90. The maximum atomic E-state index is 13.6. The highest BCUT2D eigenvalue weighted by atomic mass is 35.5. The summed E-state index contributed by atoms with van der Waals surface area (Å²) < 4.78 is 35.7. The number of carbonyl (C=O) groups is 1. The van der Waals surface area contributed by atoms with Crippen LogP contribution in [0.15, 0.2) is 77.0 Å². The normalized spacial score (nSPS) is 11.4. The van der Waals surface area contributed by atoms with Crippen LogP contribution in [0.2, 0.25) is 5.02 Å². The second-order valence-electron chi connectivity index (χ2n) is 8.04. The summed E-state index contributed by atoms with van der Waals surface area (Å²) in [6, 6.07) is 18.3. The van der Waals surface area contributed by atoms with Crippen molar-refractivity contribution in [3.05, 3.63) is 99.0 Å². The van der Waals surface area contributed by atoms with Gasteiger partial charge in [0.05, 0.1) is 30.8 Å². The van der Waals surface area contributed by atoms with Crippen LogP contribution in [0.1, 0.15) is 26.6 Å². The highest BCUT2D eigenvalue weighted by Crippen LogP contribution is 2.28. The van der Waals surface area contributed by atoms with Crippen LogP contribution in [-0.2, 0) is 16.6 Å². The molecule has 0 spiro atoms. The Balaban J connectivity index is 1.70. The van der Waals surface area contributed by atoms with Crippen molar-refractivity contribution in [2.24, 2.45) is 0 Å². The van der Waals surface area contributed by atoms with E-state index in [1.807, 2.05) is 31.4 Å². The Bertz CT molecular complexity index is 1430. The number of methoxy groups -OCH3 is 1. The number of nitrogens with zero attached hydrogens (tertiary/aromatic N) is 2. The molecule has 0 amide bonds. The number of aryl methyl sites for hydroxylation is 1. The number of ketones is 1. The number of halogens is 1. The van der Waals surface area contributed by atoms with Crippen LogP contribution in [0.25, 0.3) is 0 Å². The summed E-state index contributed by atoms with van der Waals surface area (Å²) in [5, 5.41) is 2.44. The molecule has 9 heteroatoms. The number of thiophene rings is 1. The van der Waals surface area contributed by atoms with Crippen LogP contribution in [-0.4, -0.2) is 32.4 Å². The van der Waals surface area contributed by atoms with Crippen molar-refractivity contribution < 1.29 is 17.9 Å². The van der Waals surface area contributed by atoms with Gasteiger partial charge in [-0.3, -0.25) is 9.10 Å². The molecule has 0 saturated carbocycles. The number of hydrogen-bond acceptors (Lipinski definition) is 5. The molecule has 182 valence electrons. The minimum atomic E-state index is -4.04. The van der Waals surface area contributed by atoms with Gasteiger partial charge in [0.25, 0.3) is 10.0 Å². The summed E-state index contributed by atoms with van der Waals surface area (Å²) in [7, 11) is -2.51. The van der Waals surface area contributed by atoms with Crippen LogP contribution < -0.4 is 9.04 Å². The average molecular weight is 529 g/mol. The van der Waals surface area contributed by atoms with Crippen LogP contribution in [0.3, 0.4) is 0 Å². The van der Waals surface area contributed by atoms with Crippen molar-refractivity contribution in [1.82, 2.24) is 4.57 Å². The van der Waals surface area contributed by atoms with Gasteiger partial charge in [0.15, 0.2) is 5.78 Å². The zero-order valence-corrected chi connectivity index (χ0v) is 22.0. The van der Waals surface area contributed by atoms with Gasteiger partial charge in [0.1, 0.15) is 5.75 Å². The fraction of sp³-hybridized carbons (Fsp3) is 0.192. The minimum Gasteiger partial charge on any atom is -0.497 e. The first kappa shape index (κ1) is 25.0. The van der Waals surface area contributed by atoms with Gasteiger partial charge in [-0.15, -0.1) is 11.3 Å². The maximum absolute atomic E-state index is 13.6. The van der Waals surface area contributed by atoms with Gasteiger partial charge < -0.3 is 9.30 Å². The molecule has 35 heavy (non-hydrogen) atoms. The molecule has 6 nitrogen and oxygen atoms in total. The quantitative estimate of drug-likeness (QED) is 0.251. The monoisotopic (exact) mass is 528 g/mol. The molecule has 2 aromatic carbocycles. The molecule has 4 aromatic rings. The molecule has 0 unspecified atom stereocenters. The predicted molar refractivity (Wildman–Crippen MR) is 141 cm³/mol. The lowest BCUT2D eigenvalue weighted by Crippen LogP contribution is -2.36. The number of hydrogen-bond donors (Lipinski definition) is 0. The van der Waals surface area contributed by atoms with Crippen molar-refractivity contribution in [3.8, 4) is 5.75 Å². The molecule has 0 aliphatic carbocycles. The Morgan fingerprint density at radius 3 is 2.34 bits per heavy atom. The first-order valence-corrected chi connectivity index (χ1v) is 13.5. The van der Waals surface area contributed by atoms with E-state index < -0.39 is 10.0 Å². The van der Waals surface area contributed by atoms with Crippen LogP contribution in [0.5, 0.6) is 5.75 Å². The average Bonchev–Trinajstić information content (AvgIpc) is 3.46. The molecule has 0 saturated heterocycles. The van der Waals surface area contributed by atoms with Crippen LogP contribution in [0, 0.1) is 13.8 Å². The SMILES string of the molecule is COc1ccc(N(CC(=O)c2cc(C)n(Cc3cccs3)c2C)S(=O)(=O)c2ccc(Cl)cc2)cc1. The van der Waals surface area contributed by atoms with Gasteiger partial charge in [-0.05, 0) is 79.9 Å². The van der Waals surface area contributed by atoms with E-state index in [9.17, 15) is 13.2 Å². The Hall–Kier alpha value is -3.07. The van der Waals surface area contributed by atoms with Gasteiger partial charge in [0.2, 0.25) is 0 Å². The number of sulfonamides is 1. The highest BCUT2D eigenvalue weighted by molar-refractivity contribution is 7.92. The van der Waals surface area contributed by atoms with E-state index in [1.54, 1.807) is 35.6 Å². The van der Waals surface area contributed by atoms with E-state index in [4.69, 9.17) is 16.3 Å². The number of rotatable bonds is 9. The number of ether oxygens (including phenoxy) is 1. The third-order valence-corrected chi connectivity index (χ3v) is 8.72. The van der Waals surface area contributed by atoms with Gasteiger partial charge >= 0.3 is 0 Å². The molecule has 0 fully saturated rings. The molecular weight excluding hydrogens is 504 g/mol. The number of benzene rings is 2. The van der Waals surface area contributed by atoms with E-state index in [0.29, 0.717) is 28.6 Å². The summed E-state index contributed by atoms with van der Waals surface area (Å²) in [5.41, 5.74) is 2.61. The van der Waals surface area contributed by atoms with Crippen LogP contribution in [0.4, 0.5) is 5.69 Å². The van der Waals surface area contributed by atoms with Crippen LogP contribution >= 0.6 is 22.9 Å². The molecule has 2 aromatic heterocycles. The summed E-state index contributed by atoms with van der Waals surface area (Å²) in [6.07, 6.45) is 0. The Labute approximate surface area is 214 Å². The van der Waals surface area contributed by atoms with Gasteiger partial charge in [-0.25, -0.2) is 8.42 Å². The Morgan fingerprint density at radius 1 is 1.06 bits per heavy atom. The van der Waals surface area contributed by atoms with Gasteiger partial charge in [-0.1, -0.05) is 17.7 Å². The second kappa shape index (κ2) is 10.3. The van der Waals surface area contributed by atoms with Crippen molar-refractivity contribution in [1.29, 1.82) is 0 Å². The van der Waals surface area contributed by atoms with E-state index in [2.05, 4.69) is 10.6 Å². The number of Topliss-reactive ketones (excluding diaryl/α,β-unsaturated/α-hetero) is 1. The zero-order valence-electron chi connectivity index (χ0n) is 19.6. The molecule has 0 bridgehead atoms. The van der Waals surface area contributed by atoms with E-state index in [-0.39, 0.29) is 17.2 Å². The molecule has 0 aliphatic rings. The lowest BCUT2D eigenvalue weighted by molar-refractivity contribution is 0.100. The molecule has 4 rings (SSSR count). The summed E-state index contributed by atoms with van der Waals surface area (Å²) >= 11 is 7.62. The van der Waals surface area contributed by atoms with Crippen molar-refractivity contribution in [2.75, 3.05) is 18.0 Å². The van der Waals surface area contributed by atoms with Crippen molar-refractivity contribution in [2.45, 2.75) is 25.3 Å². The largest absolute Gasteiger partial charge is 0.497 e. The molecule has 2 heterocycles. The molecule has 0 radical (unpaired) electrons. The molecule has 0 aliphatic heterocycles. The number of carbonyl (C=O) groups excluding carboxylic acids is 1. The summed E-state index contributed by atoms with van der Waals surface area (Å²) in [5.74, 6) is 0.296. The lowest BCUT2D eigenvalue weighted by atomic mass is 10.1. The lowest BCUT2D eigenvalue weighted by Gasteiger charge is -2.24. The standard InChI is InChI=1S/C26H25ClN2O4S2/c1-18-15-25(19(2)28(18)16-23-5-4-14-34-23)26(30)17-29(21-8-10-22(33-3)11-9-21)35(31,32)24-12-6-20(27)7-13-24/h4-15H,16-17H2,1-3H3. The summed E-state index contributed by atoms with van der Waals surface area (Å²) in [6.45, 7) is 4.15.